The van der Waals surface area contributed by atoms with Gasteiger partial charge in [0.15, 0.2) is 5.66 Å². The summed E-state index contributed by atoms with van der Waals surface area (Å²) in [5.74, 6) is 0.154. The second-order valence-corrected chi connectivity index (χ2v) is 7.75. The fourth-order valence-corrected chi connectivity index (χ4v) is 4.80. The standard InChI is InChI=1S/C25H21FN2O3/c1-31-20-12-6-17(7-13-20)16-23(29)27-14-15-28-24(30)21-4-2-3-5-22(21)25(27,28)18-8-10-19(26)11-9-18/h2-13H,14-16H2,1H3. The van der Waals surface area contributed by atoms with Gasteiger partial charge in [-0.05, 0) is 35.9 Å². The van der Waals surface area contributed by atoms with Gasteiger partial charge in [0.05, 0.1) is 13.5 Å². The van der Waals surface area contributed by atoms with Crippen LogP contribution in [0.3, 0.4) is 0 Å². The van der Waals surface area contributed by atoms with E-state index in [4.69, 9.17) is 4.74 Å². The number of hydrogen-bond donors (Lipinski definition) is 0. The third kappa shape index (κ3) is 2.82. The summed E-state index contributed by atoms with van der Waals surface area (Å²) in [5.41, 5.74) is 1.83. The highest BCUT2D eigenvalue weighted by Gasteiger charge is 2.59. The van der Waals surface area contributed by atoms with Crippen LogP contribution in [0.15, 0.2) is 72.8 Å². The van der Waals surface area contributed by atoms with Gasteiger partial charge in [0.1, 0.15) is 11.6 Å². The molecule has 31 heavy (non-hydrogen) atoms. The molecule has 0 N–H and O–H groups in total. The van der Waals surface area contributed by atoms with Crippen LogP contribution in [0.2, 0.25) is 0 Å². The Hall–Kier alpha value is -3.67. The molecular weight excluding hydrogens is 395 g/mol. The first-order valence-corrected chi connectivity index (χ1v) is 10.2. The first-order valence-electron chi connectivity index (χ1n) is 10.2. The summed E-state index contributed by atoms with van der Waals surface area (Å²) in [6.07, 6.45) is 0.192. The zero-order valence-corrected chi connectivity index (χ0v) is 17.0. The molecule has 1 atom stereocenters. The molecule has 0 aliphatic carbocycles. The number of fused-ring (bicyclic) bond motifs is 3. The molecule has 5 nitrogen and oxygen atoms in total. The molecular formula is C25H21FN2O3. The van der Waals surface area contributed by atoms with E-state index in [0.29, 0.717) is 24.2 Å². The Labute approximate surface area is 179 Å². The number of ether oxygens (including phenoxy) is 1. The molecule has 3 aromatic rings. The van der Waals surface area contributed by atoms with Crippen molar-refractivity contribution in [2.75, 3.05) is 20.2 Å². The number of methoxy groups -OCH3 is 1. The van der Waals surface area contributed by atoms with Crippen LogP contribution in [-0.4, -0.2) is 41.8 Å². The summed E-state index contributed by atoms with van der Waals surface area (Å²) in [6, 6.07) is 20.8. The average molecular weight is 416 g/mol. The SMILES string of the molecule is COc1ccc(CC(=O)N2CCN3C(=O)c4ccccc4C23c2ccc(F)cc2)cc1. The van der Waals surface area contributed by atoms with Gasteiger partial charge < -0.3 is 14.5 Å². The lowest BCUT2D eigenvalue weighted by Gasteiger charge is -2.40. The van der Waals surface area contributed by atoms with Gasteiger partial charge in [-0.3, -0.25) is 9.59 Å². The highest BCUT2D eigenvalue weighted by atomic mass is 19.1. The van der Waals surface area contributed by atoms with Crippen molar-refractivity contribution in [3.8, 4) is 5.75 Å². The van der Waals surface area contributed by atoms with E-state index in [2.05, 4.69) is 0 Å². The largest absolute Gasteiger partial charge is 0.497 e. The van der Waals surface area contributed by atoms with Gasteiger partial charge in [0.2, 0.25) is 5.91 Å². The minimum Gasteiger partial charge on any atom is -0.497 e. The Morgan fingerprint density at radius 1 is 1.00 bits per heavy atom. The predicted octanol–water partition coefficient (Wildman–Crippen LogP) is 3.58. The highest BCUT2D eigenvalue weighted by molar-refractivity contribution is 6.02. The first kappa shape index (κ1) is 19.3. The zero-order valence-electron chi connectivity index (χ0n) is 17.0. The molecule has 0 saturated carbocycles. The summed E-state index contributed by atoms with van der Waals surface area (Å²) < 4.78 is 18.9. The fourth-order valence-electron chi connectivity index (χ4n) is 4.80. The molecule has 1 saturated heterocycles. The molecule has 0 bridgehead atoms. The number of amides is 2. The molecule has 3 aromatic carbocycles. The maximum absolute atomic E-state index is 13.7. The number of hydrogen-bond acceptors (Lipinski definition) is 3. The molecule has 2 aliphatic heterocycles. The van der Waals surface area contributed by atoms with Crippen LogP contribution in [0, 0.1) is 5.82 Å². The van der Waals surface area contributed by atoms with Gasteiger partial charge in [0.25, 0.3) is 5.91 Å². The van der Waals surface area contributed by atoms with Gasteiger partial charge in [-0.15, -0.1) is 0 Å². The van der Waals surface area contributed by atoms with Crippen molar-refractivity contribution < 1.29 is 18.7 Å². The van der Waals surface area contributed by atoms with Crippen LogP contribution in [0.25, 0.3) is 0 Å². The Bertz CT molecular complexity index is 1160. The maximum atomic E-state index is 13.7. The molecule has 2 heterocycles. The first-order chi connectivity index (χ1) is 15.1. The van der Waals surface area contributed by atoms with Crippen molar-refractivity contribution in [1.82, 2.24) is 9.80 Å². The number of carbonyl (C=O) groups excluding carboxylic acids is 2. The van der Waals surface area contributed by atoms with E-state index in [0.717, 1.165) is 16.9 Å². The molecule has 5 rings (SSSR count). The summed E-state index contributed by atoms with van der Waals surface area (Å²) in [7, 11) is 1.60. The summed E-state index contributed by atoms with van der Waals surface area (Å²) in [6.45, 7) is 0.825. The molecule has 2 aliphatic rings. The minimum absolute atomic E-state index is 0.0958. The number of benzene rings is 3. The normalized spacial score (nSPS) is 19.4. The summed E-state index contributed by atoms with van der Waals surface area (Å²) >= 11 is 0. The van der Waals surface area contributed by atoms with E-state index < -0.39 is 5.66 Å². The lowest BCUT2D eigenvalue weighted by molar-refractivity contribution is -0.135. The second-order valence-electron chi connectivity index (χ2n) is 7.75. The second kappa shape index (κ2) is 7.23. The Kier molecular flexibility index (Phi) is 4.50. The van der Waals surface area contributed by atoms with Crippen LogP contribution in [-0.2, 0) is 16.9 Å². The van der Waals surface area contributed by atoms with Crippen LogP contribution in [0.1, 0.15) is 27.0 Å². The smallest absolute Gasteiger partial charge is 0.256 e. The molecule has 156 valence electrons. The van der Waals surface area contributed by atoms with Crippen molar-refractivity contribution in [2.45, 2.75) is 12.1 Å². The number of rotatable bonds is 4. The number of nitrogens with zero attached hydrogens (tertiary/aromatic N) is 2. The lowest BCUT2D eigenvalue weighted by atomic mass is 9.89. The molecule has 0 aromatic heterocycles. The van der Waals surface area contributed by atoms with Crippen LogP contribution in [0.5, 0.6) is 5.75 Å². The Morgan fingerprint density at radius 2 is 1.71 bits per heavy atom. The van der Waals surface area contributed by atoms with Crippen LogP contribution < -0.4 is 4.74 Å². The van der Waals surface area contributed by atoms with E-state index in [1.807, 2.05) is 42.5 Å². The Morgan fingerprint density at radius 3 is 2.42 bits per heavy atom. The van der Waals surface area contributed by atoms with Gasteiger partial charge in [-0.1, -0.05) is 42.5 Å². The van der Waals surface area contributed by atoms with Crippen molar-refractivity contribution in [3.05, 3.63) is 101 Å². The molecule has 6 heteroatoms. The van der Waals surface area contributed by atoms with Gasteiger partial charge in [-0.2, -0.15) is 0 Å². The third-order valence-electron chi connectivity index (χ3n) is 6.17. The van der Waals surface area contributed by atoms with Gasteiger partial charge in [-0.25, -0.2) is 4.39 Å². The summed E-state index contributed by atoms with van der Waals surface area (Å²) in [5, 5.41) is 0. The molecule has 1 fully saturated rings. The van der Waals surface area contributed by atoms with Crippen molar-refractivity contribution in [3.63, 3.8) is 0 Å². The lowest BCUT2D eigenvalue weighted by Crippen LogP contribution is -2.52. The minimum atomic E-state index is -1.06. The monoisotopic (exact) mass is 416 g/mol. The van der Waals surface area contributed by atoms with Crippen molar-refractivity contribution in [1.29, 1.82) is 0 Å². The van der Waals surface area contributed by atoms with Crippen LogP contribution >= 0.6 is 0 Å². The molecule has 2 amide bonds. The molecule has 1 unspecified atom stereocenters. The Balaban J connectivity index is 1.61. The molecule has 0 spiro atoms. The highest BCUT2D eigenvalue weighted by Crippen LogP contribution is 2.49. The molecule has 0 radical (unpaired) electrons. The topological polar surface area (TPSA) is 49.9 Å². The van der Waals surface area contributed by atoms with E-state index in [-0.39, 0.29) is 24.1 Å². The van der Waals surface area contributed by atoms with Crippen molar-refractivity contribution >= 4 is 11.8 Å². The summed E-state index contributed by atoms with van der Waals surface area (Å²) in [4.78, 5) is 30.3. The van der Waals surface area contributed by atoms with E-state index in [1.165, 1.54) is 12.1 Å². The zero-order chi connectivity index (χ0) is 21.6. The third-order valence-corrected chi connectivity index (χ3v) is 6.17. The average Bonchev–Trinajstić information content (AvgIpc) is 3.31. The number of halogens is 1. The predicted molar refractivity (Wildman–Crippen MR) is 113 cm³/mol. The van der Waals surface area contributed by atoms with E-state index >= 15 is 0 Å². The maximum Gasteiger partial charge on any atom is 0.256 e. The quantitative estimate of drug-likeness (QED) is 0.653. The van der Waals surface area contributed by atoms with Gasteiger partial charge >= 0.3 is 0 Å². The van der Waals surface area contributed by atoms with E-state index in [1.54, 1.807) is 35.1 Å². The fraction of sp³-hybridized carbons (Fsp3) is 0.200. The van der Waals surface area contributed by atoms with Crippen LogP contribution in [0.4, 0.5) is 4.39 Å². The van der Waals surface area contributed by atoms with E-state index in [9.17, 15) is 14.0 Å². The number of carbonyl (C=O) groups is 2. The van der Waals surface area contributed by atoms with Gasteiger partial charge in [0, 0.05) is 29.8 Å². The van der Waals surface area contributed by atoms with Crippen molar-refractivity contribution in [2.24, 2.45) is 0 Å².